The topological polar surface area (TPSA) is 89.5 Å². The fourth-order valence-electron chi connectivity index (χ4n) is 2.47. The summed E-state index contributed by atoms with van der Waals surface area (Å²) in [5.41, 5.74) is 5.87. The summed E-state index contributed by atoms with van der Waals surface area (Å²) >= 11 is 1.36. The largest absolute Gasteiger partial charge is 0.381 e. The van der Waals surface area contributed by atoms with E-state index in [1.54, 1.807) is 11.6 Å². The standard InChI is InChI=1S/C12H18N4O2S2/c1-8(2)12(3-4-12)7-14-20(17,18)10-9(13)15-11-16(10)5-6-19-11/h5-6,8,14H,3-4,7,13H2,1-2H3. The van der Waals surface area contributed by atoms with Gasteiger partial charge in [-0.15, -0.1) is 11.3 Å². The predicted molar refractivity (Wildman–Crippen MR) is 79.2 cm³/mol. The summed E-state index contributed by atoms with van der Waals surface area (Å²) < 4.78 is 29.2. The number of nitrogen functional groups attached to an aromatic ring is 1. The molecule has 1 fully saturated rings. The van der Waals surface area contributed by atoms with E-state index in [-0.39, 0.29) is 16.3 Å². The zero-order valence-electron chi connectivity index (χ0n) is 11.5. The highest BCUT2D eigenvalue weighted by Crippen LogP contribution is 2.51. The number of nitrogens with zero attached hydrogens (tertiary/aromatic N) is 2. The molecule has 2 aromatic heterocycles. The number of sulfonamides is 1. The molecule has 0 bridgehead atoms. The third-order valence-electron chi connectivity index (χ3n) is 4.23. The normalized spacial score (nSPS) is 17.9. The van der Waals surface area contributed by atoms with E-state index in [2.05, 4.69) is 23.6 Å². The van der Waals surface area contributed by atoms with Crippen molar-refractivity contribution in [1.82, 2.24) is 14.1 Å². The van der Waals surface area contributed by atoms with Gasteiger partial charge in [0.2, 0.25) is 0 Å². The van der Waals surface area contributed by atoms with Gasteiger partial charge in [0.05, 0.1) is 0 Å². The van der Waals surface area contributed by atoms with Gasteiger partial charge in [0.15, 0.2) is 15.8 Å². The zero-order valence-corrected chi connectivity index (χ0v) is 13.1. The van der Waals surface area contributed by atoms with Crippen LogP contribution < -0.4 is 10.5 Å². The zero-order chi connectivity index (χ0) is 14.5. The third-order valence-corrected chi connectivity index (χ3v) is 6.43. The van der Waals surface area contributed by atoms with Gasteiger partial charge in [0, 0.05) is 18.1 Å². The minimum absolute atomic E-state index is 0.0494. The molecule has 0 aliphatic heterocycles. The van der Waals surface area contributed by atoms with Crippen LogP contribution in [0.1, 0.15) is 26.7 Å². The molecular formula is C12H18N4O2S2. The van der Waals surface area contributed by atoms with Gasteiger partial charge in [-0.1, -0.05) is 13.8 Å². The Morgan fingerprint density at radius 2 is 2.25 bits per heavy atom. The molecule has 1 aliphatic carbocycles. The Bertz CT molecular complexity index is 741. The smallest absolute Gasteiger partial charge is 0.260 e. The van der Waals surface area contributed by atoms with E-state index in [4.69, 9.17) is 5.73 Å². The molecule has 110 valence electrons. The van der Waals surface area contributed by atoms with Crippen molar-refractivity contribution in [1.29, 1.82) is 0 Å². The van der Waals surface area contributed by atoms with Crippen molar-refractivity contribution in [3.63, 3.8) is 0 Å². The highest BCUT2D eigenvalue weighted by molar-refractivity contribution is 7.89. The van der Waals surface area contributed by atoms with Gasteiger partial charge >= 0.3 is 0 Å². The highest BCUT2D eigenvalue weighted by atomic mass is 32.2. The maximum atomic E-state index is 12.5. The molecule has 2 aromatic rings. The average Bonchev–Trinajstić information content (AvgIpc) is 2.93. The molecule has 6 nitrogen and oxygen atoms in total. The second-order valence-electron chi connectivity index (χ2n) is 5.70. The van der Waals surface area contributed by atoms with Gasteiger partial charge < -0.3 is 5.73 Å². The maximum absolute atomic E-state index is 12.5. The second-order valence-corrected chi connectivity index (χ2v) is 8.25. The fourth-order valence-corrected chi connectivity index (χ4v) is 4.60. The van der Waals surface area contributed by atoms with Crippen molar-refractivity contribution in [3.8, 4) is 0 Å². The van der Waals surface area contributed by atoms with Crippen molar-refractivity contribution in [3.05, 3.63) is 11.6 Å². The van der Waals surface area contributed by atoms with Crippen LogP contribution in [0.5, 0.6) is 0 Å². The number of hydrogen-bond donors (Lipinski definition) is 2. The number of imidazole rings is 1. The Hall–Kier alpha value is -1.12. The van der Waals surface area contributed by atoms with Crippen LogP contribution in [0.2, 0.25) is 0 Å². The number of aromatic nitrogens is 2. The van der Waals surface area contributed by atoms with Crippen LogP contribution in [0.3, 0.4) is 0 Å². The lowest BCUT2D eigenvalue weighted by Crippen LogP contribution is -2.33. The molecule has 1 aliphatic rings. The SMILES string of the molecule is CC(C)C1(CNS(=O)(=O)c2c(N)nc3sccn23)CC1. The van der Waals surface area contributed by atoms with Crippen LogP contribution in [0.4, 0.5) is 5.82 Å². The minimum Gasteiger partial charge on any atom is -0.381 e. The van der Waals surface area contributed by atoms with Crippen LogP contribution in [-0.4, -0.2) is 24.3 Å². The van der Waals surface area contributed by atoms with Gasteiger partial charge in [-0.3, -0.25) is 4.40 Å². The van der Waals surface area contributed by atoms with Crippen LogP contribution in [0.15, 0.2) is 16.6 Å². The Labute approximate surface area is 122 Å². The van der Waals surface area contributed by atoms with E-state index >= 15 is 0 Å². The third kappa shape index (κ3) is 2.11. The molecule has 0 saturated heterocycles. The lowest BCUT2D eigenvalue weighted by Gasteiger charge is -2.19. The van der Waals surface area contributed by atoms with Crippen LogP contribution >= 0.6 is 11.3 Å². The molecule has 0 atom stereocenters. The minimum atomic E-state index is -3.64. The van der Waals surface area contributed by atoms with Crippen LogP contribution in [0, 0.1) is 11.3 Å². The van der Waals surface area contributed by atoms with Crippen molar-refractivity contribution in [2.45, 2.75) is 31.7 Å². The molecule has 2 heterocycles. The van der Waals surface area contributed by atoms with E-state index < -0.39 is 10.0 Å². The highest BCUT2D eigenvalue weighted by Gasteiger charge is 2.46. The van der Waals surface area contributed by atoms with Crippen LogP contribution in [0.25, 0.3) is 4.96 Å². The molecule has 0 unspecified atom stereocenters. The van der Waals surface area contributed by atoms with Crippen molar-refractivity contribution < 1.29 is 8.42 Å². The Kier molecular flexibility index (Phi) is 3.07. The summed E-state index contributed by atoms with van der Waals surface area (Å²) in [5, 5.41) is 1.84. The maximum Gasteiger partial charge on any atom is 0.260 e. The quantitative estimate of drug-likeness (QED) is 0.879. The van der Waals surface area contributed by atoms with E-state index in [1.807, 2.05) is 0 Å². The first-order valence-electron chi connectivity index (χ1n) is 6.56. The average molecular weight is 314 g/mol. The van der Waals surface area contributed by atoms with Gasteiger partial charge in [0.25, 0.3) is 10.0 Å². The molecule has 0 amide bonds. The lowest BCUT2D eigenvalue weighted by molar-refractivity contribution is 0.357. The first-order chi connectivity index (χ1) is 9.36. The van der Waals surface area contributed by atoms with Gasteiger partial charge in [-0.25, -0.2) is 18.1 Å². The molecule has 0 radical (unpaired) electrons. The summed E-state index contributed by atoms with van der Waals surface area (Å²) in [5.74, 6) is 0.521. The number of rotatable bonds is 5. The molecule has 20 heavy (non-hydrogen) atoms. The first kappa shape index (κ1) is 13.8. The van der Waals surface area contributed by atoms with E-state index in [9.17, 15) is 8.42 Å². The van der Waals surface area contributed by atoms with E-state index in [0.717, 1.165) is 12.8 Å². The number of anilines is 1. The summed E-state index contributed by atoms with van der Waals surface area (Å²) in [6, 6.07) is 0. The van der Waals surface area contributed by atoms with Crippen molar-refractivity contribution in [2.24, 2.45) is 11.3 Å². The molecular weight excluding hydrogens is 296 g/mol. The van der Waals surface area contributed by atoms with Gasteiger partial charge in [0.1, 0.15) is 0 Å². The monoisotopic (exact) mass is 314 g/mol. The molecule has 3 N–H and O–H groups in total. The fraction of sp³-hybridized carbons (Fsp3) is 0.583. The van der Waals surface area contributed by atoms with Gasteiger partial charge in [-0.2, -0.15) is 0 Å². The van der Waals surface area contributed by atoms with Crippen molar-refractivity contribution in [2.75, 3.05) is 12.3 Å². The van der Waals surface area contributed by atoms with E-state index in [1.165, 1.54) is 15.7 Å². The predicted octanol–water partition coefficient (Wildman–Crippen LogP) is 1.69. The lowest BCUT2D eigenvalue weighted by atomic mass is 9.93. The number of nitrogens with one attached hydrogen (secondary N) is 1. The second kappa shape index (κ2) is 4.44. The number of nitrogens with two attached hydrogens (primary N) is 1. The molecule has 8 heteroatoms. The molecule has 0 spiro atoms. The number of fused-ring (bicyclic) bond motifs is 1. The molecule has 0 aromatic carbocycles. The van der Waals surface area contributed by atoms with E-state index in [0.29, 0.717) is 17.4 Å². The summed E-state index contributed by atoms with van der Waals surface area (Å²) in [6.45, 7) is 4.72. The number of hydrogen-bond acceptors (Lipinski definition) is 5. The Morgan fingerprint density at radius 3 is 2.85 bits per heavy atom. The van der Waals surface area contributed by atoms with Crippen LogP contribution in [-0.2, 0) is 10.0 Å². The Morgan fingerprint density at radius 1 is 1.55 bits per heavy atom. The molecule has 1 saturated carbocycles. The first-order valence-corrected chi connectivity index (χ1v) is 8.93. The summed E-state index contributed by atoms with van der Waals surface area (Å²) in [7, 11) is -3.64. The summed E-state index contributed by atoms with van der Waals surface area (Å²) in [6.07, 6.45) is 3.82. The summed E-state index contributed by atoms with van der Waals surface area (Å²) in [4.78, 5) is 4.67. The van der Waals surface area contributed by atoms with Crippen molar-refractivity contribution >= 4 is 32.1 Å². The Balaban J connectivity index is 1.89. The molecule has 3 rings (SSSR count). The van der Waals surface area contributed by atoms with Gasteiger partial charge in [-0.05, 0) is 24.2 Å². The number of thiazole rings is 1.